The molecule has 2 unspecified atom stereocenters. The second-order valence-corrected chi connectivity index (χ2v) is 6.08. The largest absolute Gasteiger partial charge is 0.300 e. The number of hydrogen-bond donors (Lipinski definition) is 0. The third-order valence-corrected chi connectivity index (χ3v) is 4.93. The van der Waals surface area contributed by atoms with Gasteiger partial charge in [0, 0.05) is 18.1 Å². The summed E-state index contributed by atoms with van der Waals surface area (Å²) < 4.78 is 0. The molecule has 0 heterocycles. The van der Waals surface area contributed by atoms with Crippen LogP contribution in [0.5, 0.6) is 0 Å². The van der Waals surface area contributed by atoms with Gasteiger partial charge in [-0.1, -0.05) is 27.2 Å². The van der Waals surface area contributed by atoms with Gasteiger partial charge in [-0.3, -0.25) is 4.79 Å². The fourth-order valence-corrected chi connectivity index (χ4v) is 3.56. The van der Waals surface area contributed by atoms with Crippen molar-refractivity contribution in [1.82, 2.24) is 0 Å². The molecule has 0 spiro atoms. The van der Waals surface area contributed by atoms with Gasteiger partial charge in [-0.15, -0.1) is 0 Å². The summed E-state index contributed by atoms with van der Waals surface area (Å²) in [5.41, 5.74) is 0.397. The van der Waals surface area contributed by atoms with E-state index in [2.05, 4.69) is 27.0 Å². The molecule has 1 aliphatic carbocycles. The average Bonchev–Trinajstić information content (AvgIpc) is 2.17. The Bertz CT molecular complexity index is 210. The first-order valence-corrected chi connectivity index (χ1v) is 6.84. The van der Waals surface area contributed by atoms with E-state index < -0.39 is 0 Å². The molecule has 1 aliphatic rings. The molecular weight excluding hydrogens is 192 g/mol. The minimum Gasteiger partial charge on any atom is -0.300 e. The van der Waals surface area contributed by atoms with Gasteiger partial charge in [0.05, 0.1) is 0 Å². The van der Waals surface area contributed by atoms with Gasteiger partial charge < -0.3 is 0 Å². The Morgan fingerprint density at radius 3 is 2.64 bits per heavy atom. The molecular formula is C12H22OS. The average molecular weight is 214 g/mol. The van der Waals surface area contributed by atoms with Crippen molar-refractivity contribution >= 4 is 17.5 Å². The fraction of sp³-hybridized carbons (Fsp3) is 0.917. The van der Waals surface area contributed by atoms with Crippen molar-refractivity contribution in [2.24, 2.45) is 11.3 Å². The van der Waals surface area contributed by atoms with Gasteiger partial charge in [-0.25, -0.2) is 0 Å². The van der Waals surface area contributed by atoms with Crippen LogP contribution in [0, 0.1) is 11.3 Å². The van der Waals surface area contributed by atoms with Crippen LogP contribution in [0.2, 0.25) is 0 Å². The Kier molecular flexibility index (Phi) is 4.05. The molecule has 1 nitrogen and oxygen atoms in total. The van der Waals surface area contributed by atoms with Gasteiger partial charge in [-0.2, -0.15) is 11.8 Å². The summed E-state index contributed by atoms with van der Waals surface area (Å²) in [5, 5.41) is 0.561. The smallest absolute Gasteiger partial charge is 0.134 e. The van der Waals surface area contributed by atoms with E-state index >= 15 is 0 Å². The number of Topliss-reactive ketones (excluding diaryl/α,β-unsaturated/α-hetero) is 1. The highest BCUT2D eigenvalue weighted by Gasteiger charge is 2.37. The number of thioether (sulfide) groups is 1. The van der Waals surface area contributed by atoms with Crippen LogP contribution in [0.15, 0.2) is 0 Å². The molecule has 0 aromatic carbocycles. The quantitative estimate of drug-likeness (QED) is 0.715. The van der Waals surface area contributed by atoms with Crippen LogP contribution < -0.4 is 0 Å². The first-order valence-electron chi connectivity index (χ1n) is 5.55. The SMILES string of the molecule is CCC(C)(C)C1CCC(=O)CC1SC. The van der Waals surface area contributed by atoms with Crippen molar-refractivity contribution < 1.29 is 4.79 Å². The first kappa shape index (κ1) is 12.1. The van der Waals surface area contributed by atoms with Crippen LogP contribution in [0.4, 0.5) is 0 Å². The normalized spacial score (nSPS) is 29.3. The van der Waals surface area contributed by atoms with Crippen LogP contribution in [0.1, 0.15) is 46.5 Å². The van der Waals surface area contributed by atoms with Crippen molar-refractivity contribution in [1.29, 1.82) is 0 Å². The number of carbonyl (C=O) groups is 1. The Hall–Kier alpha value is 0.0200. The van der Waals surface area contributed by atoms with E-state index in [9.17, 15) is 4.79 Å². The molecule has 0 aliphatic heterocycles. The zero-order valence-electron chi connectivity index (χ0n) is 9.80. The Labute approximate surface area is 92.0 Å². The van der Waals surface area contributed by atoms with E-state index in [0.29, 0.717) is 16.4 Å². The summed E-state index contributed by atoms with van der Waals surface area (Å²) >= 11 is 1.88. The van der Waals surface area contributed by atoms with Gasteiger partial charge >= 0.3 is 0 Å². The molecule has 0 saturated heterocycles. The lowest BCUT2D eigenvalue weighted by atomic mass is 9.69. The van der Waals surface area contributed by atoms with E-state index in [-0.39, 0.29) is 0 Å². The highest BCUT2D eigenvalue weighted by Crippen LogP contribution is 2.43. The first-order chi connectivity index (χ1) is 6.51. The van der Waals surface area contributed by atoms with E-state index in [4.69, 9.17) is 0 Å². The lowest BCUT2D eigenvalue weighted by Crippen LogP contribution is -2.37. The zero-order chi connectivity index (χ0) is 10.8. The number of carbonyl (C=O) groups excluding carboxylic acids is 1. The number of rotatable bonds is 3. The van der Waals surface area contributed by atoms with Crippen LogP contribution >= 0.6 is 11.8 Å². The summed E-state index contributed by atoms with van der Waals surface area (Å²) in [6.45, 7) is 6.95. The van der Waals surface area contributed by atoms with Crippen molar-refractivity contribution in [2.45, 2.75) is 51.7 Å². The van der Waals surface area contributed by atoms with E-state index in [0.717, 1.165) is 25.2 Å². The molecule has 14 heavy (non-hydrogen) atoms. The van der Waals surface area contributed by atoms with E-state index in [1.807, 2.05) is 11.8 Å². The summed E-state index contributed by atoms with van der Waals surface area (Å²) in [4.78, 5) is 11.4. The second-order valence-electron chi connectivity index (χ2n) is 5.00. The molecule has 82 valence electrons. The van der Waals surface area contributed by atoms with Crippen molar-refractivity contribution in [3.8, 4) is 0 Å². The van der Waals surface area contributed by atoms with Gasteiger partial charge in [-0.05, 0) is 24.0 Å². The molecule has 0 aromatic rings. The summed E-state index contributed by atoms with van der Waals surface area (Å²) in [7, 11) is 0. The lowest BCUT2D eigenvalue weighted by molar-refractivity contribution is -0.121. The van der Waals surface area contributed by atoms with Crippen molar-refractivity contribution in [3.05, 3.63) is 0 Å². The topological polar surface area (TPSA) is 17.1 Å². The van der Waals surface area contributed by atoms with Crippen LogP contribution in [0.3, 0.4) is 0 Å². The monoisotopic (exact) mass is 214 g/mol. The maximum atomic E-state index is 11.4. The zero-order valence-corrected chi connectivity index (χ0v) is 10.6. The molecule has 0 aromatic heterocycles. The minimum absolute atomic E-state index is 0.397. The van der Waals surface area contributed by atoms with E-state index in [1.165, 1.54) is 6.42 Å². The molecule has 0 amide bonds. The van der Waals surface area contributed by atoms with Gasteiger partial charge in [0.2, 0.25) is 0 Å². The molecule has 0 N–H and O–H groups in total. The summed E-state index contributed by atoms with van der Waals surface area (Å²) in [6, 6.07) is 0. The Morgan fingerprint density at radius 1 is 1.50 bits per heavy atom. The fourth-order valence-electron chi connectivity index (χ4n) is 2.37. The molecule has 2 heteroatoms. The Balaban J connectivity index is 2.72. The van der Waals surface area contributed by atoms with Crippen molar-refractivity contribution in [3.63, 3.8) is 0 Å². The standard InChI is InChI=1S/C12H22OS/c1-5-12(2,3)10-7-6-9(13)8-11(10)14-4/h10-11H,5-8H2,1-4H3. The third kappa shape index (κ3) is 2.53. The highest BCUT2D eigenvalue weighted by molar-refractivity contribution is 7.99. The van der Waals surface area contributed by atoms with Crippen molar-refractivity contribution in [2.75, 3.05) is 6.26 Å². The second kappa shape index (κ2) is 4.69. The maximum Gasteiger partial charge on any atom is 0.134 e. The summed E-state index contributed by atoms with van der Waals surface area (Å²) in [5.74, 6) is 1.19. The van der Waals surface area contributed by atoms with Gasteiger partial charge in [0.1, 0.15) is 5.78 Å². The minimum atomic E-state index is 0.397. The van der Waals surface area contributed by atoms with Crippen LogP contribution in [-0.2, 0) is 4.79 Å². The van der Waals surface area contributed by atoms with E-state index in [1.54, 1.807) is 0 Å². The van der Waals surface area contributed by atoms with Gasteiger partial charge in [0.25, 0.3) is 0 Å². The molecule has 1 saturated carbocycles. The summed E-state index contributed by atoms with van der Waals surface area (Å²) in [6.07, 6.45) is 6.07. The van der Waals surface area contributed by atoms with Crippen LogP contribution in [-0.4, -0.2) is 17.3 Å². The molecule has 0 bridgehead atoms. The molecule has 1 fully saturated rings. The number of ketones is 1. The predicted molar refractivity (Wildman–Crippen MR) is 63.7 cm³/mol. The molecule has 2 atom stereocenters. The Morgan fingerprint density at radius 2 is 2.14 bits per heavy atom. The van der Waals surface area contributed by atoms with Gasteiger partial charge in [0.15, 0.2) is 0 Å². The maximum absolute atomic E-state index is 11.4. The molecule has 1 rings (SSSR count). The number of hydrogen-bond acceptors (Lipinski definition) is 2. The third-order valence-electron chi connectivity index (χ3n) is 3.83. The molecule has 0 radical (unpaired) electrons. The highest BCUT2D eigenvalue weighted by atomic mass is 32.2. The predicted octanol–water partition coefficient (Wildman–Crippen LogP) is 3.52. The van der Waals surface area contributed by atoms with Crippen LogP contribution in [0.25, 0.3) is 0 Å². The lowest BCUT2D eigenvalue weighted by Gasteiger charge is -2.41.